The summed E-state index contributed by atoms with van der Waals surface area (Å²) in [4.78, 5) is 73.9. The number of aryl methyl sites for hydroxylation is 4. The number of imidazole rings is 2. The molecule has 8 aromatic heterocycles. The number of pyridine rings is 2. The summed E-state index contributed by atoms with van der Waals surface area (Å²) >= 11 is 0. The maximum absolute atomic E-state index is 13.5. The Morgan fingerprint density at radius 1 is 0.513 bits per heavy atom. The summed E-state index contributed by atoms with van der Waals surface area (Å²) in [5, 5.41) is 44.0. The number of fused-ring (bicyclic) bond motifs is 4. The fourth-order valence-corrected chi connectivity index (χ4v) is 9.82. The second-order valence-corrected chi connectivity index (χ2v) is 20.1. The van der Waals surface area contributed by atoms with Crippen molar-refractivity contribution < 1.29 is 19.2 Å². The number of benzene rings is 2. The number of carbonyl (C=O) groups excluding carboxylic acids is 4. The van der Waals surface area contributed by atoms with Crippen LogP contribution in [-0.2, 0) is 20.4 Å². The maximum atomic E-state index is 13.5. The smallest absolute Gasteiger partial charge is 0.242 e. The van der Waals surface area contributed by atoms with Crippen LogP contribution < -0.4 is 9.80 Å². The molecule has 0 radical (unpaired) electrons. The third kappa shape index (κ3) is 7.92. The Labute approximate surface area is 444 Å². The van der Waals surface area contributed by atoms with Gasteiger partial charge in [-0.1, -0.05) is 0 Å². The van der Waals surface area contributed by atoms with Crippen LogP contribution in [0.3, 0.4) is 0 Å². The van der Waals surface area contributed by atoms with E-state index in [0.29, 0.717) is 79.8 Å². The molecule has 0 spiro atoms. The molecule has 2 aliphatic rings. The normalized spacial score (nSPS) is 14.1. The number of hydrogen-bond donors (Lipinski definition) is 0. The molecule has 10 aromatic rings. The van der Waals surface area contributed by atoms with Crippen molar-refractivity contribution in [2.24, 2.45) is 0 Å². The van der Waals surface area contributed by atoms with Crippen LogP contribution in [0.25, 0.3) is 45.3 Å². The molecule has 0 N–H and O–H groups in total. The molecule has 0 bridgehead atoms. The standard InChI is InChI=1S/2C28H23N9O2/c2*1-15-6-8-25(33-32-15)36-22-12-21-23(11-20(22)28(4,5)27(36)39)35(14-30-21)24-9-7-19(17(3)38)26(31-24)37-16(2)10-18(13-29)34-37/h2*6-12,14H,1-5H3. The van der Waals surface area contributed by atoms with Crippen LogP contribution in [0.4, 0.5) is 23.0 Å². The van der Waals surface area contributed by atoms with Gasteiger partial charge in [-0.15, -0.1) is 10.2 Å². The minimum absolute atomic E-state index is 0.108. The number of Topliss-reactive ketones (excluding diaryl/α,β-unsaturated/α-hetero) is 2. The number of carbonyl (C=O) groups is 4. The number of nitriles is 2. The summed E-state index contributed by atoms with van der Waals surface area (Å²) in [6.45, 7) is 17.7. The van der Waals surface area contributed by atoms with E-state index in [1.807, 2.05) is 99.2 Å². The zero-order chi connectivity index (χ0) is 55.3. The SMILES string of the molecule is CC(=O)c1ccc(-n2cnc3cc4c(cc32)C(C)(C)C(=O)N4c2ccc(C)nn2)nc1-n1nc(C#N)cc1C.CC(=O)c1ccc(-n2cnc3cc4c(cc32)C(C)(C)C(=O)N4c2ccc(C)nn2)nc1-n1nc(C#N)cc1C. The van der Waals surface area contributed by atoms with Gasteiger partial charge < -0.3 is 0 Å². The highest BCUT2D eigenvalue weighted by Crippen LogP contribution is 2.48. The lowest BCUT2D eigenvalue weighted by Crippen LogP contribution is -2.33. The number of amides is 2. The first-order valence-corrected chi connectivity index (χ1v) is 24.5. The van der Waals surface area contributed by atoms with Crippen molar-refractivity contribution in [1.29, 1.82) is 10.5 Å². The van der Waals surface area contributed by atoms with Gasteiger partial charge in [0, 0.05) is 11.4 Å². The Morgan fingerprint density at radius 3 is 1.23 bits per heavy atom. The largest absolute Gasteiger partial charge is 0.294 e. The second-order valence-electron chi connectivity index (χ2n) is 20.1. The van der Waals surface area contributed by atoms with E-state index >= 15 is 0 Å². The topological polar surface area (TPSA) is 271 Å². The summed E-state index contributed by atoms with van der Waals surface area (Å²) in [5.74, 6) is 2.00. The monoisotopic (exact) mass is 1030 g/mol. The molecule has 12 rings (SSSR count). The summed E-state index contributed by atoms with van der Waals surface area (Å²) in [5.41, 5.74) is 8.31. The molecule has 384 valence electrons. The zero-order valence-electron chi connectivity index (χ0n) is 43.9. The van der Waals surface area contributed by atoms with Gasteiger partial charge in [-0.3, -0.25) is 38.1 Å². The van der Waals surface area contributed by atoms with Gasteiger partial charge in [0.1, 0.15) is 36.4 Å². The van der Waals surface area contributed by atoms with E-state index in [9.17, 15) is 29.7 Å². The number of nitrogens with zero attached hydrogens (tertiary/aromatic N) is 18. The Bertz CT molecular complexity index is 4020. The van der Waals surface area contributed by atoms with Gasteiger partial charge in [0.05, 0.1) is 66.8 Å². The molecule has 10 heterocycles. The van der Waals surface area contributed by atoms with Crippen molar-refractivity contribution in [3.05, 3.63) is 154 Å². The number of hydrogen-bond acceptors (Lipinski definition) is 16. The van der Waals surface area contributed by atoms with Gasteiger partial charge in [0.2, 0.25) is 11.8 Å². The predicted molar refractivity (Wildman–Crippen MR) is 285 cm³/mol. The van der Waals surface area contributed by atoms with E-state index in [-0.39, 0.29) is 34.8 Å². The van der Waals surface area contributed by atoms with Crippen molar-refractivity contribution >= 4 is 68.5 Å². The highest BCUT2D eigenvalue weighted by molar-refractivity contribution is 6.14. The highest BCUT2D eigenvalue weighted by atomic mass is 16.2. The van der Waals surface area contributed by atoms with Crippen LogP contribution in [-0.4, -0.2) is 92.4 Å². The maximum Gasteiger partial charge on any atom is 0.242 e. The molecule has 22 heteroatoms. The summed E-state index contributed by atoms with van der Waals surface area (Å²) in [7, 11) is 0. The van der Waals surface area contributed by atoms with E-state index in [1.165, 1.54) is 23.2 Å². The first-order valence-electron chi connectivity index (χ1n) is 24.5. The molecule has 22 nitrogen and oxygen atoms in total. The number of ketones is 2. The molecule has 0 aliphatic carbocycles. The Hall–Kier alpha value is -10.5. The van der Waals surface area contributed by atoms with Crippen molar-refractivity contribution in [1.82, 2.24) is 69.0 Å². The molecule has 0 saturated carbocycles. The Kier molecular flexibility index (Phi) is 11.6. The van der Waals surface area contributed by atoms with Crippen LogP contribution >= 0.6 is 0 Å². The van der Waals surface area contributed by atoms with Crippen molar-refractivity contribution in [3.8, 4) is 35.4 Å². The van der Waals surface area contributed by atoms with Gasteiger partial charge >= 0.3 is 0 Å². The molecular formula is C56H46N18O4. The fourth-order valence-electron chi connectivity index (χ4n) is 9.82. The van der Waals surface area contributed by atoms with E-state index in [4.69, 9.17) is 9.97 Å². The van der Waals surface area contributed by atoms with E-state index < -0.39 is 10.8 Å². The number of aromatic nitrogens is 14. The van der Waals surface area contributed by atoms with E-state index in [0.717, 1.165) is 33.5 Å². The van der Waals surface area contributed by atoms with Crippen LogP contribution in [0.2, 0.25) is 0 Å². The predicted octanol–water partition coefficient (Wildman–Crippen LogP) is 8.09. The lowest BCUT2D eigenvalue weighted by atomic mass is 9.86. The second kappa shape index (κ2) is 18.1. The Balaban J connectivity index is 0.000000165. The fraction of sp³-hybridized carbons (Fsp3) is 0.214. The van der Waals surface area contributed by atoms with Crippen LogP contribution in [0.5, 0.6) is 0 Å². The van der Waals surface area contributed by atoms with E-state index in [2.05, 4.69) is 40.6 Å². The summed E-state index contributed by atoms with van der Waals surface area (Å²) in [6.07, 6.45) is 3.31. The van der Waals surface area contributed by atoms with Gasteiger partial charge in [-0.25, -0.2) is 29.3 Å². The zero-order valence-corrected chi connectivity index (χ0v) is 43.9. The molecule has 2 amide bonds. The number of rotatable bonds is 8. The van der Waals surface area contributed by atoms with Gasteiger partial charge in [-0.2, -0.15) is 30.9 Å². The van der Waals surface area contributed by atoms with Gasteiger partial charge in [-0.05, 0) is 165 Å². The first-order chi connectivity index (χ1) is 37.2. The van der Waals surface area contributed by atoms with Gasteiger partial charge in [0.15, 0.2) is 46.2 Å². The van der Waals surface area contributed by atoms with E-state index in [1.54, 1.807) is 84.8 Å². The molecule has 2 aliphatic heterocycles. The molecule has 0 atom stereocenters. The van der Waals surface area contributed by atoms with Crippen LogP contribution in [0.1, 0.15) is 108 Å². The number of anilines is 4. The minimum atomic E-state index is -0.817. The van der Waals surface area contributed by atoms with Crippen molar-refractivity contribution in [3.63, 3.8) is 0 Å². The van der Waals surface area contributed by atoms with Gasteiger partial charge in [0.25, 0.3) is 0 Å². The van der Waals surface area contributed by atoms with Crippen molar-refractivity contribution in [2.45, 2.75) is 80.1 Å². The molecule has 78 heavy (non-hydrogen) atoms. The third-order valence-corrected chi connectivity index (χ3v) is 14.0. The quantitative estimate of drug-likeness (QED) is 0.130. The summed E-state index contributed by atoms with van der Waals surface area (Å²) < 4.78 is 6.61. The Morgan fingerprint density at radius 2 is 0.897 bits per heavy atom. The minimum Gasteiger partial charge on any atom is -0.294 e. The average molecular weight is 1040 g/mol. The first kappa shape index (κ1) is 49.7. The summed E-state index contributed by atoms with van der Waals surface area (Å²) in [6, 6.07) is 29.0. The molecule has 0 unspecified atom stereocenters. The molecule has 0 fully saturated rings. The molecule has 2 aromatic carbocycles. The molecular weight excluding hydrogens is 989 g/mol. The third-order valence-electron chi connectivity index (χ3n) is 14.0. The lowest BCUT2D eigenvalue weighted by molar-refractivity contribution is -0.122. The lowest BCUT2D eigenvalue weighted by Gasteiger charge is -2.19. The highest BCUT2D eigenvalue weighted by Gasteiger charge is 2.47. The average Bonchev–Trinajstić information content (AvgIpc) is 4.10. The van der Waals surface area contributed by atoms with Crippen molar-refractivity contribution in [2.75, 3.05) is 9.80 Å². The van der Waals surface area contributed by atoms with Crippen LogP contribution in [0.15, 0.2) is 97.6 Å². The molecule has 0 saturated heterocycles. The van der Waals surface area contributed by atoms with Crippen LogP contribution in [0, 0.1) is 50.4 Å².